The smallest absolute Gasteiger partial charge is 0.237 e. The number of hydrogen-bond acceptors (Lipinski definition) is 4. The Balaban J connectivity index is 0.00000288. The molecule has 0 radical (unpaired) electrons. The summed E-state index contributed by atoms with van der Waals surface area (Å²) in [7, 11) is 1.63. The van der Waals surface area contributed by atoms with Gasteiger partial charge in [-0.1, -0.05) is 20.3 Å². The Hall–Kier alpha value is -2.05. The predicted octanol–water partition coefficient (Wildman–Crippen LogP) is 2.29. The Bertz CT molecular complexity index is 642. The molecule has 24 heavy (non-hydrogen) atoms. The first-order valence-corrected chi connectivity index (χ1v) is 7.77. The lowest BCUT2D eigenvalue weighted by atomic mass is 9.99. The van der Waals surface area contributed by atoms with E-state index < -0.39 is 6.04 Å². The van der Waals surface area contributed by atoms with Gasteiger partial charge >= 0.3 is 0 Å². The maximum atomic E-state index is 12.0. The maximum absolute atomic E-state index is 12.0. The zero-order chi connectivity index (χ0) is 16.8. The Kier molecular flexibility index (Phi) is 7.74. The normalized spacial score (nSPS) is 12.8. The number of amides is 1. The van der Waals surface area contributed by atoms with Gasteiger partial charge in [0.1, 0.15) is 5.75 Å². The molecule has 2 unspecified atom stereocenters. The number of nitrogens with zero attached hydrogens (tertiary/aromatic N) is 2. The molecular weight excluding hydrogens is 328 g/mol. The highest BCUT2D eigenvalue weighted by atomic mass is 35.5. The second-order valence-electron chi connectivity index (χ2n) is 5.58. The number of aromatic nitrogens is 2. The number of ether oxygens (including phenoxy) is 1. The monoisotopic (exact) mass is 352 g/mol. The molecule has 1 aromatic carbocycles. The fourth-order valence-corrected chi connectivity index (χ4v) is 2.14. The average Bonchev–Trinajstić information content (AvgIpc) is 3.07. The number of halogens is 1. The van der Waals surface area contributed by atoms with Gasteiger partial charge in [-0.2, -0.15) is 5.10 Å². The minimum absolute atomic E-state index is 0. The van der Waals surface area contributed by atoms with Crippen molar-refractivity contribution in [2.75, 3.05) is 7.11 Å². The van der Waals surface area contributed by atoms with Crippen LogP contribution < -0.4 is 15.8 Å². The molecule has 0 fully saturated rings. The van der Waals surface area contributed by atoms with Gasteiger partial charge in [0.15, 0.2) is 0 Å². The van der Waals surface area contributed by atoms with E-state index in [1.807, 2.05) is 50.4 Å². The highest BCUT2D eigenvalue weighted by molar-refractivity contribution is 5.85. The van der Waals surface area contributed by atoms with E-state index in [-0.39, 0.29) is 24.2 Å². The molecule has 0 bridgehead atoms. The predicted molar refractivity (Wildman–Crippen MR) is 96.6 cm³/mol. The molecule has 0 spiro atoms. The van der Waals surface area contributed by atoms with Crippen molar-refractivity contribution >= 4 is 18.3 Å². The third-order valence-electron chi connectivity index (χ3n) is 3.98. The molecule has 6 nitrogen and oxygen atoms in total. The maximum Gasteiger partial charge on any atom is 0.237 e. The second kappa shape index (κ2) is 9.30. The van der Waals surface area contributed by atoms with Crippen molar-refractivity contribution in [1.29, 1.82) is 0 Å². The van der Waals surface area contributed by atoms with Crippen LogP contribution in [0.1, 0.15) is 26.0 Å². The molecule has 1 heterocycles. The van der Waals surface area contributed by atoms with Crippen molar-refractivity contribution in [1.82, 2.24) is 15.1 Å². The third-order valence-corrected chi connectivity index (χ3v) is 3.98. The summed E-state index contributed by atoms with van der Waals surface area (Å²) in [5, 5.41) is 7.29. The van der Waals surface area contributed by atoms with Crippen LogP contribution in [0.2, 0.25) is 0 Å². The molecule has 0 aliphatic heterocycles. The van der Waals surface area contributed by atoms with Gasteiger partial charge in [-0.05, 0) is 36.2 Å². The Morgan fingerprint density at radius 2 is 2.00 bits per heavy atom. The first kappa shape index (κ1) is 20.0. The van der Waals surface area contributed by atoms with E-state index in [4.69, 9.17) is 10.5 Å². The third kappa shape index (κ3) is 4.97. The summed E-state index contributed by atoms with van der Waals surface area (Å²) in [6.07, 6.45) is 2.73. The Morgan fingerprint density at radius 1 is 1.33 bits per heavy atom. The number of hydrogen-bond donors (Lipinski definition) is 2. The quantitative estimate of drug-likeness (QED) is 0.801. The van der Waals surface area contributed by atoms with Crippen LogP contribution in [0.5, 0.6) is 5.75 Å². The van der Waals surface area contributed by atoms with Crippen molar-refractivity contribution < 1.29 is 9.53 Å². The van der Waals surface area contributed by atoms with E-state index in [0.29, 0.717) is 6.54 Å². The van der Waals surface area contributed by atoms with E-state index in [0.717, 1.165) is 23.6 Å². The zero-order valence-electron chi connectivity index (χ0n) is 14.2. The summed E-state index contributed by atoms with van der Waals surface area (Å²) >= 11 is 0. The lowest BCUT2D eigenvalue weighted by Crippen LogP contribution is -2.44. The Labute approximate surface area is 148 Å². The molecule has 1 aromatic heterocycles. The number of nitrogens with two attached hydrogens (primary N) is 1. The van der Waals surface area contributed by atoms with Crippen LogP contribution in [0.15, 0.2) is 36.5 Å². The number of benzene rings is 1. The highest BCUT2D eigenvalue weighted by Gasteiger charge is 2.19. The van der Waals surface area contributed by atoms with Crippen molar-refractivity contribution in [3.8, 4) is 11.4 Å². The molecule has 2 atom stereocenters. The molecule has 0 aliphatic rings. The van der Waals surface area contributed by atoms with Crippen molar-refractivity contribution in [3.05, 3.63) is 42.2 Å². The topological polar surface area (TPSA) is 82.2 Å². The fourth-order valence-electron chi connectivity index (χ4n) is 2.14. The molecule has 0 saturated heterocycles. The minimum atomic E-state index is -0.483. The van der Waals surface area contributed by atoms with Crippen molar-refractivity contribution in [3.63, 3.8) is 0 Å². The van der Waals surface area contributed by atoms with Crippen LogP contribution in [-0.4, -0.2) is 28.8 Å². The second-order valence-corrected chi connectivity index (χ2v) is 5.58. The largest absolute Gasteiger partial charge is 0.497 e. The van der Waals surface area contributed by atoms with Gasteiger partial charge in [0.05, 0.1) is 31.1 Å². The fraction of sp³-hybridized carbons (Fsp3) is 0.412. The van der Waals surface area contributed by atoms with Gasteiger partial charge in [0, 0.05) is 6.20 Å². The van der Waals surface area contributed by atoms with Crippen LogP contribution in [0.4, 0.5) is 0 Å². The number of rotatable bonds is 7. The lowest BCUT2D eigenvalue weighted by molar-refractivity contribution is -0.123. The summed E-state index contributed by atoms with van der Waals surface area (Å²) in [6.45, 7) is 4.36. The van der Waals surface area contributed by atoms with E-state index in [1.54, 1.807) is 11.8 Å². The zero-order valence-corrected chi connectivity index (χ0v) is 15.0. The number of carbonyl (C=O) groups excluding carboxylic acids is 1. The summed E-state index contributed by atoms with van der Waals surface area (Å²) in [6, 6.07) is 9.00. The van der Waals surface area contributed by atoms with Crippen LogP contribution >= 0.6 is 12.4 Å². The van der Waals surface area contributed by atoms with Crippen LogP contribution in [0.25, 0.3) is 5.69 Å². The first-order valence-electron chi connectivity index (χ1n) is 7.77. The van der Waals surface area contributed by atoms with Gasteiger partial charge in [-0.3, -0.25) is 4.79 Å². The Morgan fingerprint density at radius 3 is 2.58 bits per heavy atom. The summed E-state index contributed by atoms with van der Waals surface area (Å²) in [5.41, 5.74) is 7.62. The van der Waals surface area contributed by atoms with Gasteiger partial charge in [-0.25, -0.2) is 4.68 Å². The number of nitrogens with one attached hydrogen (secondary N) is 1. The van der Waals surface area contributed by atoms with E-state index in [2.05, 4.69) is 10.4 Å². The SMILES string of the molecule is CCC(C)C(N)C(=O)NCc1ccn(-c2ccc(OC)cc2)n1.Cl. The summed E-state index contributed by atoms with van der Waals surface area (Å²) < 4.78 is 6.90. The van der Waals surface area contributed by atoms with Crippen LogP contribution in [-0.2, 0) is 11.3 Å². The lowest BCUT2D eigenvalue weighted by Gasteiger charge is -2.17. The first-order chi connectivity index (χ1) is 11.0. The molecular formula is C17H25ClN4O2. The number of carbonyl (C=O) groups is 1. The van der Waals surface area contributed by atoms with Gasteiger partial charge in [0.25, 0.3) is 0 Å². The van der Waals surface area contributed by atoms with Crippen LogP contribution in [0, 0.1) is 5.92 Å². The summed E-state index contributed by atoms with van der Waals surface area (Å²) in [5.74, 6) is 0.817. The number of methoxy groups -OCH3 is 1. The van der Waals surface area contributed by atoms with Crippen LogP contribution in [0.3, 0.4) is 0 Å². The molecule has 3 N–H and O–H groups in total. The van der Waals surface area contributed by atoms with E-state index in [1.165, 1.54) is 0 Å². The molecule has 2 aromatic rings. The van der Waals surface area contributed by atoms with Crippen molar-refractivity contribution in [2.24, 2.45) is 11.7 Å². The van der Waals surface area contributed by atoms with E-state index in [9.17, 15) is 4.79 Å². The van der Waals surface area contributed by atoms with Gasteiger partial charge in [0.2, 0.25) is 5.91 Å². The minimum Gasteiger partial charge on any atom is -0.497 e. The molecule has 0 saturated carbocycles. The standard InChI is InChI=1S/C17H24N4O2.ClH/c1-4-12(2)16(18)17(22)19-11-13-9-10-21(20-13)14-5-7-15(23-3)8-6-14;/h5-10,12,16H,4,11,18H2,1-3H3,(H,19,22);1H. The average molecular weight is 353 g/mol. The molecule has 1 amide bonds. The molecule has 2 rings (SSSR count). The molecule has 132 valence electrons. The van der Waals surface area contributed by atoms with Crippen molar-refractivity contribution in [2.45, 2.75) is 32.9 Å². The van der Waals surface area contributed by atoms with Gasteiger partial charge < -0.3 is 15.8 Å². The molecule has 0 aliphatic carbocycles. The molecule has 7 heteroatoms. The van der Waals surface area contributed by atoms with E-state index >= 15 is 0 Å². The van der Waals surface area contributed by atoms with Gasteiger partial charge in [-0.15, -0.1) is 12.4 Å². The summed E-state index contributed by atoms with van der Waals surface area (Å²) in [4.78, 5) is 12.0. The highest BCUT2D eigenvalue weighted by Crippen LogP contribution is 2.14.